The van der Waals surface area contributed by atoms with Crippen molar-refractivity contribution in [3.05, 3.63) is 89.0 Å². The van der Waals surface area contributed by atoms with E-state index in [0.717, 1.165) is 0 Å². The van der Waals surface area contributed by atoms with E-state index in [-0.39, 0.29) is 12.1 Å². The van der Waals surface area contributed by atoms with Gasteiger partial charge in [-0.25, -0.2) is 0 Å². The van der Waals surface area contributed by atoms with Gasteiger partial charge in [-0.05, 0) is 90.1 Å². The topological polar surface area (TPSA) is 18.7 Å². The molecule has 7 aromatic rings. The number of nitrogens with zero attached hydrogens (tertiary/aromatic N) is 4. The largest absolute Gasteiger partial charge is 0.299 e. The molecule has 0 spiro atoms. The zero-order chi connectivity index (χ0) is 28.7. The van der Waals surface area contributed by atoms with Crippen molar-refractivity contribution in [3.63, 3.8) is 0 Å². The molecule has 4 nitrogen and oxygen atoms in total. The van der Waals surface area contributed by atoms with E-state index in [1.54, 1.807) is 0 Å². The maximum atomic E-state index is 2.57. The van der Waals surface area contributed by atoms with Crippen molar-refractivity contribution in [2.24, 2.45) is 0 Å². The molecule has 2 aliphatic heterocycles. The molecule has 0 fully saturated rings. The van der Waals surface area contributed by atoms with Crippen LogP contribution in [0.3, 0.4) is 0 Å². The predicted octanol–water partition coefficient (Wildman–Crippen LogP) is 6.78. The number of fused-ring (bicyclic) bond motifs is 10. The molecule has 0 atom stereocenters. The Morgan fingerprint density at radius 2 is 0.976 bits per heavy atom. The minimum atomic E-state index is 0.0276. The van der Waals surface area contributed by atoms with Gasteiger partial charge in [0.1, 0.15) is 11.3 Å². The molecule has 4 aromatic heterocycles. The molecular formula is C36H37BN4. The molecule has 5 heteroatoms. The molecule has 2 aliphatic rings. The highest BCUT2D eigenvalue weighted by atomic mass is 15.2. The third-order valence-electron chi connectivity index (χ3n) is 9.94. The third kappa shape index (κ3) is 2.68. The maximum absolute atomic E-state index is 2.57. The fourth-order valence-corrected chi connectivity index (χ4v) is 7.90. The van der Waals surface area contributed by atoms with E-state index < -0.39 is 0 Å². The van der Waals surface area contributed by atoms with Gasteiger partial charge in [0.2, 0.25) is 0 Å². The summed E-state index contributed by atoms with van der Waals surface area (Å²) in [5.41, 5.74) is 19.0. The van der Waals surface area contributed by atoms with Gasteiger partial charge in [-0.2, -0.15) is 0 Å². The maximum Gasteiger partial charge on any atom is 0.258 e. The molecule has 0 radical (unpaired) electrons. The van der Waals surface area contributed by atoms with Crippen molar-refractivity contribution < 1.29 is 0 Å². The summed E-state index contributed by atoms with van der Waals surface area (Å²) in [6, 6.07) is 23.0. The number of hydrogen-bond acceptors (Lipinski definition) is 0. The quantitative estimate of drug-likeness (QED) is 0.190. The molecule has 9 rings (SSSR count). The van der Waals surface area contributed by atoms with Crippen LogP contribution in [-0.2, 0) is 5.41 Å². The highest BCUT2D eigenvalue weighted by Crippen LogP contribution is 2.39. The highest BCUT2D eigenvalue weighted by molar-refractivity contribution is 7.02. The molecule has 0 unspecified atom stereocenters. The summed E-state index contributed by atoms with van der Waals surface area (Å²) in [6.45, 7) is 20.3. The summed E-state index contributed by atoms with van der Waals surface area (Å²) in [5.74, 6) is 0. The number of aromatic nitrogens is 4. The Morgan fingerprint density at radius 1 is 0.561 bits per heavy atom. The Kier molecular flexibility index (Phi) is 4.68. The summed E-state index contributed by atoms with van der Waals surface area (Å²) in [7, 11) is 0. The van der Waals surface area contributed by atoms with Crippen LogP contribution in [0, 0.1) is 27.7 Å². The van der Waals surface area contributed by atoms with E-state index in [9.17, 15) is 0 Å². The monoisotopic (exact) mass is 536 g/mol. The second-order valence-corrected chi connectivity index (χ2v) is 12.8. The molecule has 0 saturated heterocycles. The van der Waals surface area contributed by atoms with Crippen LogP contribution in [0.4, 0.5) is 0 Å². The van der Waals surface area contributed by atoms with Crippen molar-refractivity contribution in [3.8, 4) is 11.4 Å². The summed E-state index contributed by atoms with van der Waals surface area (Å²) in [5, 5.41) is 2.73. The number of hydrogen-bond donors (Lipinski definition) is 0. The van der Waals surface area contributed by atoms with Crippen LogP contribution in [0.25, 0.3) is 44.5 Å². The van der Waals surface area contributed by atoms with Gasteiger partial charge in [0.05, 0.1) is 11.0 Å². The van der Waals surface area contributed by atoms with Crippen LogP contribution < -0.4 is 16.4 Å². The lowest BCUT2D eigenvalue weighted by molar-refractivity contribution is 0.589. The first-order valence-corrected chi connectivity index (χ1v) is 15.1. The molecule has 0 N–H and O–H groups in total. The van der Waals surface area contributed by atoms with Gasteiger partial charge in [-0.1, -0.05) is 71.0 Å². The van der Waals surface area contributed by atoms with Crippen molar-refractivity contribution >= 4 is 56.2 Å². The molecule has 204 valence electrons. The van der Waals surface area contributed by atoms with Crippen molar-refractivity contribution in [1.29, 1.82) is 0 Å². The minimum absolute atomic E-state index is 0.0276. The Morgan fingerprint density at radius 3 is 1.39 bits per heavy atom. The number of rotatable bonds is 0. The van der Waals surface area contributed by atoms with E-state index in [4.69, 9.17) is 0 Å². The van der Waals surface area contributed by atoms with E-state index in [0.29, 0.717) is 0 Å². The van der Waals surface area contributed by atoms with Crippen LogP contribution in [0.1, 0.15) is 63.0 Å². The zero-order valence-corrected chi connectivity index (χ0v) is 25.6. The number of benzene rings is 3. The molecule has 0 saturated carbocycles. The standard InChI is InChI=1S/C34H31BN4.C2H6/c1-18-20(3)38-27-16-22(34(5,6)7)17-28-31(27)35(29-23-12-8-10-14-25(23)36(18)32(29)38)30-24-13-9-11-15-26(24)37-19(2)21(4)39(28)33(30)37;1-2/h8-17H,1-7H3;1-2H3. The normalized spacial score (nSPS) is 13.4. The summed E-state index contributed by atoms with van der Waals surface area (Å²) >= 11 is 0. The Balaban J connectivity index is 0.00000125. The van der Waals surface area contributed by atoms with Gasteiger partial charge >= 0.3 is 0 Å². The SMILES string of the molecule is CC.Cc1c(C)n2c3ccccc3c3c2n1-c1cc(C(C)(C)C)cc2c1B3c1c3ccccc3n3c(C)c(C)n-2c13. The van der Waals surface area contributed by atoms with Crippen LogP contribution >= 0.6 is 0 Å². The van der Waals surface area contributed by atoms with Gasteiger partial charge in [0, 0.05) is 34.2 Å². The van der Waals surface area contributed by atoms with Gasteiger partial charge in [-0.3, -0.25) is 17.9 Å². The lowest BCUT2D eigenvalue weighted by Crippen LogP contribution is -2.59. The van der Waals surface area contributed by atoms with Crippen molar-refractivity contribution in [2.45, 2.75) is 67.7 Å². The summed E-state index contributed by atoms with van der Waals surface area (Å²) < 4.78 is 10.2. The summed E-state index contributed by atoms with van der Waals surface area (Å²) in [6.07, 6.45) is 0. The third-order valence-corrected chi connectivity index (χ3v) is 9.94. The predicted molar refractivity (Wildman–Crippen MR) is 176 cm³/mol. The van der Waals surface area contributed by atoms with E-state index in [2.05, 4.69) is 127 Å². The fourth-order valence-electron chi connectivity index (χ4n) is 7.90. The molecule has 0 aliphatic carbocycles. The lowest BCUT2D eigenvalue weighted by Gasteiger charge is -2.34. The number of imidazole rings is 2. The van der Waals surface area contributed by atoms with Crippen LogP contribution in [0.5, 0.6) is 0 Å². The molecule has 6 heterocycles. The molecular weight excluding hydrogens is 499 g/mol. The highest BCUT2D eigenvalue weighted by Gasteiger charge is 2.45. The molecule has 0 bridgehead atoms. The Hall–Kier alpha value is -4.12. The second-order valence-electron chi connectivity index (χ2n) is 12.8. The first-order chi connectivity index (χ1) is 19.7. The van der Waals surface area contributed by atoms with Crippen molar-refractivity contribution in [1.82, 2.24) is 17.9 Å². The van der Waals surface area contributed by atoms with E-state index in [1.165, 1.54) is 89.2 Å². The average molecular weight is 537 g/mol. The van der Waals surface area contributed by atoms with Crippen LogP contribution in [0.15, 0.2) is 60.7 Å². The Bertz CT molecular complexity index is 2110. The van der Waals surface area contributed by atoms with E-state index in [1.807, 2.05) is 13.8 Å². The van der Waals surface area contributed by atoms with Gasteiger partial charge in [0.25, 0.3) is 6.71 Å². The van der Waals surface area contributed by atoms with E-state index >= 15 is 0 Å². The van der Waals surface area contributed by atoms with Gasteiger partial charge in [0.15, 0.2) is 0 Å². The molecule has 0 amide bonds. The average Bonchev–Trinajstić information content (AvgIpc) is 3.64. The smallest absolute Gasteiger partial charge is 0.258 e. The number of para-hydroxylation sites is 2. The van der Waals surface area contributed by atoms with Crippen molar-refractivity contribution in [2.75, 3.05) is 0 Å². The minimum Gasteiger partial charge on any atom is -0.299 e. The zero-order valence-electron chi connectivity index (χ0n) is 25.6. The lowest BCUT2D eigenvalue weighted by atomic mass is 9.34. The molecule has 3 aromatic carbocycles. The summed E-state index contributed by atoms with van der Waals surface area (Å²) in [4.78, 5) is 0. The second kappa shape index (κ2) is 7.79. The van der Waals surface area contributed by atoms with Crippen LogP contribution in [-0.4, -0.2) is 24.6 Å². The molecule has 41 heavy (non-hydrogen) atoms. The first kappa shape index (κ1) is 24.7. The van der Waals surface area contributed by atoms with Gasteiger partial charge in [-0.15, -0.1) is 0 Å². The Labute approximate surface area is 241 Å². The number of aryl methyl sites for hydroxylation is 2. The first-order valence-electron chi connectivity index (χ1n) is 15.1. The van der Waals surface area contributed by atoms with Gasteiger partial charge < -0.3 is 0 Å². The fraction of sp³-hybridized carbons (Fsp3) is 0.278. The van der Waals surface area contributed by atoms with Crippen LogP contribution in [0.2, 0.25) is 0 Å².